The van der Waals surface area contributed by atoms with Gasteiger partial charge in [0.15, 0.2) is 0 Å². The number of pyridine rings is 1. The summed E-state index contributed by atoms with van der Waals surface area (Å²) in [7, 11) is 3.92. The molecule has 0 aliphatic carbocycles. The second kappa shape index (κ2) is 6.38. The van der Waals surface area contributed by atoms with Crippen molar-refractivity contribution in [3.05, 3.63) is 23.4 Å². The van der Waals surface area contributed by atoms with Crippen LogP contribution in [0.2, 0.25) is 0 Å². The molecule has 0 saturated carbocycles. The van der Waals surface area contributed by atoms with Crippen molar-refractivity contribution >= 4 is 11.7 Å². The van der Waals surface area contributed by atoms with Crippen LogP contribution in [0.5, 0.6) is 0 Å². The molecule has 1 aromatic rings. The zero-order chi connectivity index (χ0) is 15.6. The molecule has 1 amide bonds. The molecule has 0 radical (unpaired) electrons. The minimum absolute atomic E-state index is 0.0188. The van der Waals surface area contributed by atoms with Crippen LogP contribution in [-0.2, 0) is 0 Å². The Morgan fingerprint density at radius 3 is 2.90 bits per heavy atom. The van der Waals surface area contributed by atoms with Crippen LogP contribution in [0.3, 0.4) is 0 Å². The van der Waals surface area contributed by atoms with Crippen LogP contribution >= 0.6 is 0 Å². The van der Waals surface area contributed by atoms with E-state index >= 15 is 0 Å². The van der Waals surface area contributed by atoms with Gasteiger partial charge >= 0.3 is 0 Å². The van der Waals surface area contributed by atoms with Gasteiger partial charge in [-0.2, -0.15) is 0 Å². The van der Waals surface area contributed by atoms with Gasteiger partial charge in [-0.25, -0.2) is 10.8 Å². The van der Waals surface area contributed by atoms with E-state index in [0.29, 0.717) is 24.3 Å². The summed E-state index contributed by atoms with van der Waals surface area (Å²) < 4.78 is 0. The molecule has 2 heterocycles. The van der Waals surface area contributed by atoms with Gasteiger partial charge in [-0.05, 0) is 39.6 Å². The number of nitrogen functional groups attached to an aromatic ring is 1. The van der Waals surface area contributed by atoms with E-state index in [4.69, 9.17) is 5.84 Å². The third-order valence-corrected chi connectivity index (χ3v) is 3.58. The fourth-order valence-corrected chi connectivity index (χ4v) is 2.77. The summed E-state index contributed by atoms with van der Waals surface area (Å²) >= 11 is 0. The van der Waals surface area contributed by atoms with E-state index in [1.54, 1.807) is 17.0 Å². The third-order valence-electron chi connectivity index (χ3n) is 3.58. The molecule has 1 aliphatic heterocycles. The summed E-state index contributed by atoms with van der Waals surface area (Å²) in [6.45, 7) is 2.91. The van der Waals surface area contributed by atoms with Gasteiger partial charge in [-0.3, -0.25) is 4.79 Å². The Bertz CT molecular complexity index is 520. The molecule has 7 nitrogen and oxygen atoms in total. The maximum atomic E-state index is 12.7. The first-order chi connectivity index (χ1) is 9.90. The smallest absolute Gasteiger partial charge is 0.254 e. The van der Waals surface area contributed by atoms with E-state index in [-0.39, 0.29) is 11.9 Å². The standard InChI is InChI=1S/C14H23N5O2/c1-9-4-10(5-13(16-9)17-15)14(21)19-8-12(20)6-11(19)7-18(2)3/h4-5,11-12,20H,6-8,15H2,1-3H3,(H,16,17). The molecule has 21 heavy (non-hydrogen) atoms. The van der Waals surface area contributed by atoms with Gasteiger partial charge in [0, 0.05) is 30.4 Å². The number of rotatable bonds is 4. The average molecular weight is 293 g/mol. The maximum Gasteiger partial charge on any atom is 0.254 e. The zero-order valence-electron chi connectivity index (χ0n) is 12.7. The second-order valence-electron chi connectivity index (χ2n) is 5.79. The van der Waals surface area contributed by atoms with Gasteiger partial charge in [0.05, 0.1) is 6.10 Å². The minimum Gasteiger partial charge on any atom is -0.391 e. The number of amides is 1. The number of aliphatic hydroxyl groups excluding tert-OH is 1. The van der Waals surface area contributed by atoms with E-state index in [9.17, 15) is 9.90 Å². The van der Waals surface area contributed by atoms with Crippen molar-refractivity contribution in [1.29, 1.82) is 0 Å². The first kappa shape index (κ1) is 15.7. The monoisotopic (exact) mass is 293 g/mol. The number of aromatic nitrogens is 1. The molecule has 7 heteroatoms. The van der Waals surface area contributed by atoms with Crippen molar-refractivity contribution in [2.24, 2.45) is 5.84 Å². The number of hydrogen-bond acceptors (Lipinski definition) is 6. The number of hydrazine groups is 1. The van der Waals surface area contributed by atoms with Crippen LogP contribution < -0.4 is 11.3 Å². The second-order valence-corrected chi connectivity index (χ2v) is 5.79. The topological polar surface area (TPSA) is 94.7 Å². The van der Waals surface area contributed by atoms with E-state index in [1.165, 1.54) is 0 Å². The summed E-state index contributed by atoms with van der Waals surface area (Å²) in [5, 5.41) is 9.88. The van der Waals surface area contributed by atoms with Crippen molar-refractivity contribution in [3.8, 4) is 0 Å². The van der Waals surface area contributed by atoms with E-state index < -0.39 is 6.10 Å². The van der Waals surface area contributed by atoms with Crippen LogP contribution in [0, 0.1) is 6.92 Å². The van der Waals surface area contributed by atoms with Gasteiger partial charge in [0.2, 0.25) is 0 Å². The Labute approximate surface area is 124 Å². The molecular formula is C14H23N5O2. The van der Waals surface area contributed by atoms with Gasteiger partial charge in [0.25, 0.3) is 5.91 Å². The van der Waals surface area contributed by atoms with Crippen LogP contribution in [0.1, 0.15) is 22.5 Å². The number of nitrogens with two attached hydrogens (primary N) is 1. The van der Waals surface area contributed by atoms with Crippen LogP contribution in [0.25, 0.3) is 0 Å². The SMILES string of the molecule is Cc1cc(C(=O)N2CC(O)CC2CN(C)C)cc(NN)n1. The third kappa shape index (κ3) is 3.69. The Morgan fingerprint density at radius 2 is 2.29 bits per heavy atom. The normalized spacial score (nSPS) is 21.9. The molecule has 1 aliphatic rings. The number of β-amino-alcohol motifs (C(OH)–C–C–N with tert-alkyl or cyclic N) is 1. The lowest BCUT2D eigenvalue weighted by molar-refractivity contribution is 0.0699. The lowest BCUT2D eigenvalue weighted by Gasteiger charge is -2.27. The molecule has 2 rings (SSSR count). The van der Waals surface area contributed by atoms with Gasteiger partial charge in [-0.1, -0.05) is 0 Å². The number of likely N-dealkylation sites (tertiary alicyclic amines) is 1. The Morgan fingerprint density at radius 1 is 1.57 bits per heavy atom. The molecule has 2 atom stereocenters. The number of anilines is 1. The highest BCUT2D eigenvalue weighted by Gasteiger charge is 2.35. The molecular weight excluding hydrogens is 270 g/mol. The first-order valence-electron chi connectivity index (χ1n) is 6.99. The maximum absolute atomic E-state index is 12.7. The van der Waals surface area contributed by atoms with Gasteiger partial charge < -0.3 is 20.3 Å². The molecule has 0 aromatic carbocycles. The molecule has 0 bridgehead atoms. The highest BCUT2D eigenvalue weighted by atomic mass is 16.3. The number of carbonyl (C=O) groups is 1. The molecule has 116 valence electrons. The number of aryl methyl sites for hydroxylation is 1. The van der Waals surface area contributed by atoms with Crippen molar-refractivity contribution in [1.82, 2.24) is 14.8 Å². The fraction of sp³-hybridized carbons (Fsp3) is 0.571. The lowest BCUT2D eigenvalue weighted by Crippen LogP contribution is -2.41. The minimum atomic E-state index is -0.464. The Balaban J connectivity index is 2.23. The summed E-state index contributed by atoms with van der Waals surface area (Å²) in [6, 6.07) is 3.39. The Hall–Kier alpha value is -1.70. The molecule has 1 saturated heterocycles. The van der Waals surface area contributed by atoms with Crippen LogP contribution in [0.15, 0.2) is 12.1 Å². The van der Waals surface area contributed by atoms with Gasteiger partial charge in [-0.15, -0.1) is 0 Å². The molecule has 0 spiro atoms. The number of carbonyl (C=O) groups excluding carboxylic acids is 1. The highest BCUT2D eigenvalue weighted by Crippen LogP contribution is 2.22. The number of aliphatic hydroxyl groups is 1. The summed E-state index contributed by atoms with van der Waals surface area (Å²) in [5.74, 6) is 5.74. The van der Waals surface area contributed by atoms with Crippen LogP contribution in [0.4, 0.5) is 5.82 Å². The van der Waals surface area contributed by atoms with E-state index in [0.717, 1.165) is 12.2 Å². The Kier molecular flexibility index (Phi) is 4.76. The zero-order valence-corrected chi connectivity index (χ0v) is 12.7. The molecule has 1 aromatic heterocycles. The largest absolute Gasteiger partial charge is 0.391 e. The van der Waals surface area contributed by atoms with Crippen molar-refractivity contribution in [2.75, 3.05) is 32.6 Å². The van der Waals surface area contributed by atoms with E-state index in [1.807, 2.05) is 25.9 Å². The quantitative estimate of drug-likeness (QED) is 0.526. The van der Waals surface area contributed by atoms with Gasteiger partial charge in [0.1, 0.15) is 5.82 Å². The predicted molar refractivity (Wildman–Crippen MR) is 80.8 cm³/mol. The van der Waals surface area contributed by atoms with Crippen molar-refractivity contribution in [2.45, 2.75) is 25.5 Å². The van der Waals surface area contributed by atoms with Crippen molar-refractivity contribution in [3.63, 3.8) is 0 Å². The lowest BCUT2D eigenvalue weighted by atomic mass is 10.1. The summed E-state index contributed by atoms with van der Waals surface area (Å²) in [6.07, 6.45) is 0.143. The summed E-state index contributed by atoms with van der Waals surface area (Å²) in [5.41, 5.74) is 3.72. The van der Waals surface area contributed by atoms with Crippen molar-refractivity contribution < 1.29 is 9.90 Å². The molecule has 1 fully saturated rings. The highest BCUT2D eigenvalue weighted by molar-refractivity contribution is 5.95. The average Bonchev–Trinajstić information content (AvgIpc) is 2.77. The van der Waals surface area contributed by atoms with Crippen LogP contribution in [-0.4, -0.2) is 65.1 Å². The predicted octanol–water partition coefficient (Wildman–Crippen LogP) is -0.187. The molecule has 4 N–H and O–H groups in total. The summed E-state index contributed by atoms with van der Waals surface area (Å²) in [4.78, 5) is 20.6. The first-order valence-corrected chi connectivity index (χ1v) is 6.99. The number of hydrogen-bond donors (Lipinski definition) is 3. The number of nitrogens with zero attached hydrogens (tertiary/aromatic N) is 3. The number of likely N-dealkylation sites (N-methyl/N-ethyl adjacent to an activating group) is 1. The number of nitrogens with one attached hydrogen (secondary N) is 1. The molecule has 2 unspecified atom stereocenters. The fourth-order valence-electron chi connectivity index (χ4n) is 2.77. The van der Waals surface area contributed by atoms with E-state index in [2.05, 4.69) is 10.4 Å².